The molecule has 1 heterocycles. The van der Waals surface area contributed by atoms with Crippen LogP contribution in [0.1, 0.15) is 42.4 Å². The zero-order chi connectivity index (χ0) is 24.9. The summed E-state index contributed by atoms with van der Waals surface area (Å²) in [7, 11) is 1.55. The van der Waals surface area contributed by atoms with Crippen molar-refractivity contribution in [3.8, 4) is 5.69 Å². The highest BCUT2D eigenvalue weighted by molar-refractivity contribution is 6.33. The Morgan fingerprint density at radius 3 is 2.41 bits per heavy atom. The third-order valence-corrected chi connectivity index (χ3v) is 5.64. The van der Waals surface area contributed by atoms with Crippen molar-refractivity contribution in [2.75, 3.05) is 32.1 Å². The molecule has 2 amide bonds. The molecule has 0 bridgehead atoms. The number of amides is 2. The van der Waals surface area contributed by atoms with Gasteiger partial charge in [-0.15, -0.1) is 0 Å². The van der Waals surface area contributed by atoms with Gasteiger partial charge in [0.05, 0.1) is 28.6 Å². The third-order valence-electron chi connectivity index (χ3n) is 5.32. The predicted molar refractivity (Wildman–Crippen MR) is 135 cm³/mol. The van der Waals surface area contributed by atoms with E-state index in [1.165, 1.54) is 4.90 Å². The summed E-state index contributed by atoms with van der Waals surface area (Å²) in [6.45, 7) is 8.59. The smallest absolute Gasteiger partial charge is 0.255 e. The zero-order valence-corrected chi connectivity index (χ0v) is 21.0. The number of nitrogens with one attached hydrogen (secondary N) is 1. The average Bonchev–Trinajstić information content (AvgIpc) is 3.21. The van der Waals surface area contributed by atoms with Crippen LogP contribution in [-0.4, -0.2) is 53.3 Å². The molecule has 0 aliphatic carbocycles. The van der Waals surface area contributed by atoms with Crippen LogP contribution in [0, 0.1) is 6.92 Å². The summed E-state index contributed by atoms with van der Waals surface area (Å²) < 4.78 is 6.86. The molecule has 0 saturated carbocycles. The summed E-state index contributed by atoms with van der Waals surface area (Å²) in [6.07, 6.45) is 0. The maximum absolute atomic E-state index is 13.1. The second kappa shape index (κ2) is 10.8. The number of ether oxygens (including phenoxy) is 1. The van der Waals surface area contributed by atoms with Gasteiger partial charge in [-0.05, 0) is 31.2 Å². The highest BCUT2D eigenvalue weighted by Crippen LogP contribution is 2.26. The molecule has 0 aliphatic rings. The molecule has 180 valence electrons. The summed E-state index contributed by atoms with van der Waals surface area (Å²) in [5.74, 6) is -0.138. The first-order valence-electron chi connectivity index (χ1n) is 11.1. The van der Waals surface area contributed by atoms with Gasteiger partial charge in [0.1, 0.15) is 12.4 Å². The van der Waals surface area contributed by atoms with Crippen LogP contribution in [0.25, 0.3) is 5.69 Å². The molecule has 0 aliphatic heterocycles. The van der Waals surface area contributed by atoms with Crippen molar-refractivity contribution in [3.63, 3.8) is 0 Å². The van der Waals surface area contributed by atoms with E-state index < -0.39 is 0 Å². The van der Waals surface area contributed by atoms with E-state index in [4.69, 9.17) is 21.4 Å². The monoisotopic (exact) mass is 482 g/mol. The van der Waals surface area contributed by atoms with Crippen LogP contribution in [0.2, 0.25) is 5.02 Å². The topological polar surface area (TPSA) is 76.5 Å². The van der Waals surface area contributed by atoms with Crippen LogP contribution in [0.5, 0.6) is 0 Å². The molecule has 0 spiro atoms. The standard InChI is InChI=1S/C26H31ClN4O3/c1-18-10-12-19(13-11-18)31-23(16-22(29-31)26(2,3)4)28-24(32)17-30(14-15-34-5)25(33)20-8-6-7-9-21(20)27/h6-13,16H,14-15,17H2,1-5H3,(H,28,32). The van der Waals surface area contributed by atoms with Crippen molar-refractivity contribution >= 4 is 29.2 Å². The Balaban J connectivity index is 1.86. The maximum atomic E-state index is 13.1. The molecule has 1 aromatic heterocycles. The van der Waals surface area contributed by atoms with E-state index in [2.05, 4.69) is 26.1 Å². The molecule has 2 aromatic carbocycles. The number of carbonyl (C=O) groups is 2. The van der Waals surface area contributed by atoms with Gasteiger partial charge >= 0.3 is 0 Å². The first-order chi connectivity index (χ1) is 16.1. The van der Waals surface area contributed by atoms with E-state index in [-0.39, 0.29) is 30.3 Å². The number of halogens is 1. The second-order valence-corrected chi connectivity index (χ2v) is 9.57. The highest BCUT2D eigenvalue weighted by Gasteiger charge is 2.24. The normalized spacial score (nSPS) is 11.4. The molecule has 0 unspecified atom stereocenters. The number of anilines is 1. The van der Waals surface area contributed by atoms with Gasteiger partial charge in [0.15, 0.2) is 0 Å². The first kappa shape index (κ1) is 25.5. The summed E-state index contributed by atoms with van der Waals surface area (Å²) >= 11 is 6.22. The third kappa shape index (κ3) is 6.24. The fourth-order valence-electron chi connectivity index (χ4n) is 3.33. The number of nitrogens with zero attached hydrogens (tertiary/aromatic N) is 3. The molecule has 3 aromatic rings. The van der Waals surface area contributed by atoms with E-state index in [1.807, 2.05) is 37.3 Å². The lowest BCUT2D eigenvalue weighted by molar-refractivity contribution is -0.117. The van der Waals surface area contributed by atoms with Gasteiger partial charge in [-0.25, -0.2) is 4.68 Å². The average molecular weight is 483 g/mol. The summed E-state index contributed by atoms with van der Waals surface area (Å²) in [6, 6.07) is 16.6. The Kier molecular flexibility index (Phi) is 8.12. The molecule has 8 heteroatoms. The molecule has 3 rings (SSSR count). The van der Waals surface area contributed by atoms with Crippen LogP contribution in [-0.2, 0) is 14.9 Å². The minimum atomic E-state index is -0.342. The van der Waals surface area contributed by atoms with Crippen molar-refractivity contribution in [2.24, 2.45) is 0 Å². The SMILES string of the molecule is COCCN(CC(=O)Nc1cc(C(C)(C)C)nn1-c1ccc(C)cc1)C(=O)c1ccccc1Cl. The fourth-order valence-corrected chi connectivity index (χ4v) is 3.55. The largest absolute Gasteiger partial charge is 0.383 e. The number of aromatic nitrogens is 2. The van der Waals surface area contributed by atoms with Gasteiger partial charge < -0.3 is 15.0 Å². The van der Waals surface area contributed by atoms with E-state index >= 15 is 0 Å². The Labute approximate surface area is 205 Å². The molecule has 0 saturated heterocycles. The fraction of sp³-hybridized carbons (Fsp3) is 0.346. The molecule has 7 nitrogen and oxygen atoms in total. The Morgan fingerprint density at radius 2 is 1.79 bits per heavy atom. The van der Waals surface area contributed by atoms with E-state index in [0.717, 1.165) is 16.9 Å². The van der Waals surface area contributed by atoms with Gasteiger partial charge in [0.2, 0.25) is 5.91 Å². The second-order valence-electron chi connectivity index (χ2n) is 9.16. The highest BCUT2D eigenvalue weighted by atomic mass is 35.5. The lowest BCUT2D eigenvalue weighted by atomic mass is 9.92. The number of benzene rings is 2. The molecule has 1 N–H and O–H groups in total. The van der Waals surface area contributed by atoms with Crippen LogP contribution >= 0.6 is 11.6 Å². The lowest BCUT2D eigenvalue weighted by Gasteiger charge is -2.22. The van der Waals surface area contributed by atoms with Gasteiger partial charge in [0, 0.05) is 25.1 Å². The van der Waals surface area contributed by atoms with Crippen molar-refractivity contribution in [2.45, 2.75) is 33.1 Å². The molecule has 0 atom stereocenters. The number of aryl methyl sites for hydroxylation is 1. The van der Waals surface area contributed by atoms with Crippen LogP contribution in [0.3, 0.4) is 0 Å². The van der Waals surface area contributed by atoms with E-state index in [9.17, 15) is 9.59 Å². The zero-order valence-electron chi connectivity index (χ0n) is 20.3. The summed E-state index contributed by atoms with van der Waals surface area (Å²) in [5, 5.41) is 8.01. The molecular weight excluding hydrogens is 452 g/mol. The summed E-state index contributed by atoms with van der Waals surface area (Å²) in [4.78, 5) is 27.6. The van der Waals surface area contributed by atoms with Gasteiger partial charge in [-0.1, -0.05) is 62.2 Å². The molecule has 0 fully saturated rings. The van der Waals surface area contributed by atoms with E-state index in [1.54, 1.807) is 36.1 Å². The maximum Gasteiger partial charge on any atom is 0.255 e. The van der Waals surface area contributed by atoms with E-state index in [0.29, 0.717) is 23.0 Å². The van der Waals surface area contributed by atoms with Crippen molar-refractivity contribution in [3.05, 3.63) is 76.4 Å². The van der Waals surface area contributed by atoms with Gasteiger partial charge in [-0.3, -0.25) is 9.59 Å². The predicted octanol–water partition coefficient (Wildman–Crippen LogP) is 4.86. The van der Waals surface area contributed by atoms with Crippen LogP contribution in [0.15, 0.2) is 54.6 Å². The van der Waals surface area contributed by atoms with Crippen LogP contribution < -0.4 is 5.32 Å². The number of methoxy groups -OCH3 is 1. The van der Waals surface area contributed by atoms with Gasteiger partial charge in [0.25, 0.3) is 5.91 Å². The summed E-state index contributed by atoms with van der Waals surface area (Å²) in [5.41, 5.74) is 2.93. The molecule has 0 radical (unpaired) electrons. The minimum absolute atomic E-state index is 0.155. The van der Waals surface area contributed by atoms with Crippen LogP contribution in [0.4, 0.5) is 5.82 Å². The Hall–Kier alpha value is -3.16. The Bertz CT molecular complexity index is 1150. The minimum Gasteiger partial charge on any atom is -0.383 e. The Morgan fingerprint density at radius 1 is 1.12 bits per heavy atom. The van der Waals surface area contributed by atoms with Crippen molar-refractivity contribution in [1.29, 1.82) is 0 Å². The van der Waals surface area contributed by atoms with Gasteiger partial charge in [-0.2, -0.15) is 5.10 Å². The lowest BCUT2D eigenvalue weighted by Crippen LogP contribution is -2.40. The number of carbonyl (C=O) groups excluding carboxylic acids is 2. The van der Waals surface area contributed by atoms with Crippen molar-refractivity contribution < 1.29 is 14.3 Å². The number of rotatable bonds is 8. The quantitative estimate of drug-likeness (QED) is 0.497. The van der Waals surface area contributed by atoms with Crippen molar-refractivity contribution in [1.82, 2.24) is 14.7 Å². The molecule has 34 heavy (non-hydrogen) atoms. The number of hydrogen-bond acceptors (Lipinski definition) is 4. The molecular formula is C26H31ClN4O3. The number of hydrogen-bond donors (Lipinski definition) is 1. The first-order valence-corrected chi connectivity index (χ1v) is 11.5.